The summed E-state index contributed by atoms with van der Waals surface area (Å²) in [6.45, 7) is 6.24. The highest BCUT2D eigenvalue weighted by atomic mass is 79.9. The molecule has 1 aromatic heterocycles. The van der Waals surface area contributed by atoms with Crippen LogP contribution in [-0.4, -0.2) is 15.2 Å². The van der Waals surface area contributed by atoms with E-state index in [1.807, 2.05) is 12.1 Å². The van der Waals surface area contributed by atoms with Crippen LogP contribution in [0.4, 0.5) is 0 Å². The number of halogens is 1. The van der Waals surface area contributed by atoms with Gasteiger partial charge in [-0.1, -0.05) is 26.0 Å². The first-order chi connectivity index (χ1) is 7.59. The van der Waals surface area contributed by atoms with E-state index in [0.717, 1.165) is 21.7 Å². The molecule has 0 unspecified atom stereocenters. The van der Waals surface area contributed by atoms with E-state index in [1.165, 1.54) is 5.56 Å². The minimum absolute atomic E-state index is 0.366. The Morgan fingerprint density at radius 2 is 2.06 bits per heavy atom. The van der Waals surface area contributed by atoms with Crippen molar-refractivity contribution < 1.29 is 0 Å². The van der Waals surface area contributed by atoms with Gasteiger partial charge >= 0.3 is 0 Å². The number of aromatic amines is 1. The van der Waals surface area contributed by atoms with Gasteiger partial charge in [-0.05, 0) is 34.5 Å². The summed E-state index contributed by atoms with van der Waals surface area (Å²) in [5.41, 5.74) is 2.22. The average Bonchev–Trinajstić information content (AvgIpc) is 2.71. The molecule has 2 aromatic rings. The monoisotopic (exact) mass is 279 g/mol. The van der Waals surface area contributed by atoms with Crippen molar-refractivity contribution in [2.75, 3.05) is 0 Å². The molecule has 2 rings (SSSR count). The van der Waals surface area contributed by atoms with Gasteiger partial charge in [-0.25, -0.2) is 4.98 Å². The second kappa shape index (κ2) is 4.37. The molecule has 0 aliphatic carbocycles. The molecular weight excluding hydrogens is 266 g/mol. The fourth-order valence-corrected chi connectivity index (χ4v) is 1.91. The molecule has 1 aromatic carbocycles. The van der Waals surface area contributed by atoms with Gasteiger partial charge in [-0.3, -0.25) is 5.10 Å². The molecule has 0 saturated heterocycles. The van der Waals surface area contributed by atoms with Gasteiger partial charge in [0.15, 0.2) is 5.82 Å². The van der Waals surface area contributed by atoms with Gasteiger partial charge in [0.1, 0.15) is 5.82 Å². The van der Waals surface area contributed by atoms with E-state index in [4.69, 9.17) is 0 Å². The molecule has 0 bridgehead atoms. The second-order valence-corrected chi connectivity index (χ2v) is 4.93. The molecule has 0 radical (unpaired) electrons. The normalized spacial score (nSPS) is 11.1. The van der Waals surface area contributed by atoms with E-state index in [9.17, 15) is 0 Å². The van der Waals surface area contributed by atoms with Crippen LogP contribution >= 0.6 is 15.9 Å². The van der Waals surface area contributed by atoms with Crippen molar-refractivity contribution in [3.63, 3.8) is 0 Å². The Bertz CT molecular complexity index is 503. The number of nitrogens with zero attached hydrogens (tertiary/aromatic N) is 2. The Morgan fingerprint density at radius 1 is 1.31 bits per heavy atom. The van der Waals surface area contributed by atoms with Crippen molar-refractivity contribution in [1.82, 2.24) is 15.2 Å². The molecule has 0 amide bonds. The Labute approximate surface area is 103 Å². The molecule has 1 heterocycles. The van der Waals surface area contributed by atoms with Crippen LogP contribution in [0.15, 0.2) is 22.7 Å². The van der Waals surface area contributed by atoms with Gasteiger partial charge in [-0.15, -0.1) is 0 Å². The molecular formula is C12H14BrN3. The maximum atomic E-state index is 4.49. The van der Waals surface area contributed by atoms with Crippen LogP contribution in [0.3, 0.4) is 0 Å². The first-order valence-electron chi connectivity index (χ1n) is 5.27. The first-order valence-corrected chi connectivity index (χ1v) is 6.06. The molecule has 0 aliphatic rings. The van der Waals surface area contributed by atoms with Crippen LogP contribution in [0.1, 0.15) is 31.2 Å². The zero-order chi connectivity index (χ0) is 11.7. The van der Waals surface area contributed by atoms with Crippen molar-refractivity contribution in [3.8, 4) is 11.4 Å². The van der Waals surface area contributed by atoms with Crippen molar-refractivity contribution in [1.29, 1.82) is 0 Å². The lowest BCUT2D eigenvalue weighted by Gasteiger charge is -2.02. The standard InChI is InChI=1S/C12H14BrN3/c1-7(2)11-14-12(16-15-11)9-6-4-5-8(3)10(9)13/h4-7H,1-3H3,(H,14,15,16). The van der Waals surface area contributed by atoms with Crippen molar-refractivity contribution in [2.24, 2.45) is 0 Å². The molecule has 84 valence electrons. The maximum absolute atomic E-state index is 4.49. The van der Waals surface area contributed by atoms with Gasteiger partial charge in [0.25, 0.3) is 0 Å². The van der Waals surface area contributed by atoms with Gasteiger partial charge in [0.05, 0.1) is 0 Å². The lowest BCUT2D eigenvalue weighted by Crippen LogP contribution is -1.89. The largest absolute Gasteiger partial charge is 0.262 e. The molecule has 0 saturated carbocycles. The summed E-state index contributed by atoms with van der Waals surface area (Å²) in [6, 6.07) is 6.09. The van der Waals surface area contributed by atoms with E-state index in [0.29, 0.717) is 5.92 Å². The van der Waals surface area contributed by atoms with Crippen molar-refractivity contribution >= 4 is 15.9 Å². The van der Waals surface area contributed by atoms with Crippen molar-refractivity contribution in [2.45, 2.75) is 26.7 Å². The number of nitrogens with one attached hydrogen (secondary N) is 1. The molecule has 0 fully saturated rings. The highest BCUT2D eigenvalue weighted by Crippen LogP contribution is 2.28. The number of aryl methyl sites for hydroxylation is 1. The molecule has 1 N–H and O–H groups in total. The Kier molecular flexibility index (Phi) is 3.10. The van der Waals surface area contributed by atoms with Crippen LogP contribution in [0.2, 0.25) is 0 Å². The smallest absolute Gasteiger partial charge is 0.182 e. The number of hydrogen-bond acceptors (Lipinski definition) is 2. The first kappa shape index (κ1) is 11.3. The summed E-state index contributed by atoms with van der Waals surface area (Å²) in [5, 5.41) is 7.21. The van der Waals surface area contributed by atoms with E-state index in [1.54, 1.807) is 0 Å². The summed E-state index contributed by atoms with van der Waals surface area (Å²) in [7, 11) is 0. The topological polar surface area (TPSA) is 41.6 Å². The molecule has 16 heavy (non-hydrogen) atoms. The number of hydrogen-bond donors (Lipinski definition) is 1. The van der Waals surface area contributed by atoms with Crippen LogP contribution in [0, 0.1) is 6.92 Å². The van der Waals surface area contributed by atoms with Crippen LogP contribution in [0.5, 0.6) is 0 Å². The zero-order valence-corrected chi connectivity index (χ0v) is 11.2. The van der Waals surface area contributed by atoms with E-state index >= 15 is 0 Å². The highest BCUT2D eigenvalue weighted by Gasteiger charge is 2.11. The van der Waals surface area contributed by atoms with E-state index in [-0.39, 0.29) is 0 Å². The molecule has 0 atom stereocenters. The lowest BCUT2D eigenvalue weighted by atomic mass is 10.1. The Hall–Kier alpha value is -1.16. The number of aromatic nitrogens is 3. The predicted molar refractivity (Wildman–Crippen MR) is 68.3 cm³/mol. The molecule has 3 nitrogen and oxygen atoms in total. The van der Waals surface area contributed by atoms with Crippen LogP contribution in [-0.2, 0) is 0 Å². The fraction of sp³-hybridized carbons (Fsp3) is 0.333. The third kappa shape index (κ3) is 2.02. The SMILES string of the molecule is Cc1cccc(-c2n[nH]c(C(C)C)n2)c1Br. The minimum atomic E-state index is 0.366. The van der Waals surface area contributed by atoms with E-state index in [2.05, 4.69) is 57.9 Å². The Balaban J connectivity index is 2.47. The van der Waals surface area contributed by atoms with Gasteiger partial charge < -0.3 is 0 Å². The summed E-state index contributed by atoms with van der Waals surface area (Å²) < 4.78 is 1.06. The number of benzene rings is 1. The van der Waals surface area contributed by atoms with Gasteiger partial charge in [0, 0.05) is 16.0 Å². The van der Waals surface area contributed by atoms with Gasteiger partial charge in [-0.2, -0.15) is 5.10 Å². The predicted octanol–water partition coefficient (Wildman–Crippen LogP) is 3.67. The summed E-state index contributed by atoms with van der Waals surface area (Å²) in [4.78, 5) is 4.49. The second-order valence-electron chi connectivity index (χ2n) is 4.14. The van der Waals surface area contributed by atoms with Crippen LogP contribution in [0.25, 0.3) is 11.4 Å². The zero-order valence-electron chi connectivity index (χ0n) is 9.58. The maximum Gasteiger partial charge on any atom is 0.182 e. The van der Waals surface area contributed by atoms with Gasteiger partial charge in [0.2, 0.25) is 0 Å². The highest BCUT2D eigenvalue weighted by molar-refractivity contribution is 9.10. The Morgan fingerprint density at radius 3 is 2.69 bits per heavy atom. The minimum Gasteiger partial charge on any atom is -0.262 e. The van der Waals surface area contributed by atoms with Crippen molar-refractivity contribution in [3.05, 3.63) is 34.1 Å². The van der Waals surface area contributed by atoms with Crippen LogP contribution < -0.4 is 0 Å². The third-order valence-corrected chi connectivity index (χ3v) is 3.53. The average molecular weight is 280 g/mol. The lowest BCUT2D eigenvalue weighted by molar-refractivity contribution is 0.781. The fourth-order valence-electron chi connectivity index (χ4n) is 1.47. The third-order valence-electron chi connectivity index (χ3n) is 2.48. The number of rotatable bonds is 2. The molecule has 0 aliphatic heterocycles. The summed E-state index contributed by atoms with van der Waals surface area (Å²) in [5.74, 6) is 2.03. The number of H-pyrrole nitrogens is 1. The molecule has 4 heteroatoms. The van der Waals surface area contributed by atoms with E-state index < -0.39 is 0 Å². The quantitative estimate of drug-likeness (QED) is 0.912. The summed E-state index contributed by atoms with van der Waals surface area (Å²) >= 11 is 3.57. The molecule has 0 spiro atoms. The summed E-state index contributed by atoms with van der Waals surface area (Å²) in [6.07, 6.45) is 0.